The Morgan fingerprint density at radius 3 is 2.08 bits per heavy atom. The number of aryl methyl sites for hydroxylation is 2. The van der Waals surface area contributed by atoms with Crippen LogP contribution in [0.1, 0.15) is 54.0 Å². The molecular weight excluding hydrogens is 618 g/mol. The van der Waals surface area contributed by atoms with E-state index in [1.165, 1.54) is 27.6 Å². The number of anilines is 1. The molecule has 200 valence electrons. The quantitative estimate of drug-likeness (QED) is 0.187. The first kappa shape index (κ1) is 26.2. The maximum Gasteiger partial charge on any atom is 0.328 e. The molecule has 0 spiro atoms. The number of carbonyl (C=O) groups excluding carboxylic acids is 1. The lowest BCUT2D eigenvalue weighted by Gasteiger charge is -2.46. The molecule has 3 aromatic carbocycles. The number of H-pyrrole nitrogens is 2. The van der Waals surface area contributed by atoms with Crippen LogP contribution in [0.15, 0.2) is 75.9 Å². The van der Waals surface area contributed by atoms with E-state index in [2.05, 4.69) is 128 Å². The van der Waals surface area contributed by atoms with Crippen LogP contribution in [0.2, 0.25) is 0 Å². The number of piperidine rings is 1. The van der Waals surface area contributed by atoms with Gasteiger partial charge in [-0.05, 0) is 110 Å². The average Bonchev–Trinajstić information content (AvgIpc) is 3.51. The molecule has 1 aliphatic heterocycles. The van der Waals surface area contributed by atoms with Gasteiger partial charge >= 0.3 is 5.97 Å². The summed E-state index contributed by atoms with van der Waals surface area (Å²) in [5.41, 5.74) is 8.02. The van der Waals surface area contributed by atoms with E-state index >= 15 is 0 Å². The Hall–Kier alpha value is -3.03. The van der Waals surface area contributed by atoms with Crippen molar-refractivity contribution in [2.45, 2.75) is 51.6 Å². The largest absolute Gasteiger partial charge is 0.464 e. The van der Waals surface area contributed by atoms with Gasteiger partial charge in [0, 0.05) is 48.8 Å². The standard InChI is InChI=1S/C32H31Br2N3O2/c1-4-39-32(38)31-13-20(26-16-35-28-7-5-21(33)14-24(26)28)12-30(37(31)23-10-18(2)9-19(3)11-23)27-17-36-29-8-6-22(34)15-25(27)29/h5-11,14-17,20,30-31,35-36H,4,12-13H2,1-3H3/t20-,30-,31-/m0/s1. The number of hydrogen-bond donors (Lipinski definition) is 2. The third-order valence-electron chi connectivity index (χ3n) is 7.90. The molecule has 2 N–H and O–H groups in total. The molecule has 0 saturated carbocycles. The molecule has 0 unspecified atom stereocenters. The number of halogens is 2. The van der Waals surface area contributed by atoms with E-state index in [0.717, 1.165) is 37.5 Å². The fraction of sp³-hybridized carbons (Fsp3) is 0.281. The number of ether oxygens (including phenoxy) is 1. The fourth-order valence-electron chi connectivity index (χ4n) is 6.36. The summed E-state index contributed by atoms with van der Waals surface area (Å²) in [5, 5.41) is 2.35. The predicted octanol–water partition coefficient (Wildman–Crippen LogP) is 8.85. The summed E-state index contributed by atoms with van der Waals surface area (Å²) in [7, 11) is 0. The SMILES string of the molecule is CCOC(=O)[C@@H]1C[C@@H](c2c[nH]c3ccc(Br)cc23)C[C@@H](c2c[nH]c3ccc(Br)cc23)N1c1cc(C)cc(C)c1. The zero-order chi connectivity index (χ0) is 27.3. The van der Waals surface area contributed by atoms with E-state index in [1.807, 2.05) is 6.92 Å². The Kier molecular flexibility index (Phi) is 7.06. The van der Waals surface area contributed by atoms with E-state index in [4.69, 9.17) is 4.74 Å². The van der Waals surface area contributed by atoms with Gasteiger partial charge in [-0.2, -0.15) is 0 Å². The van der Waals surface area contributed by atoms with Crippen LogP contribution in [0, 0.1) is 13.8 Å². The first-order valence-electron chi connectivity index (χ1n) is 13.4. The van der Waals surface area contributed by atoms with Gasteiger partial charge in [0.2, 0.25) is 0 Å². The van der Waals surface area contributed by atoms with E-state index in [1.54, 1.807) is 0 Å². The maximum absolute atomic E-state index is 13.7. The zero-order valence-corrected chi connectivity index (χ0v) is 25.4. The minimum Gasteiger partial charge on any atom is -0.464 e. The van der Waals surface area contributed by atoms with Crippen molar-refractivity contribution in [3.05, 3.63) is 98.2 Å². The predicted molar refractivity (Wildman–Crippen MR) is 166 cm³/mol. The summed E-state index contributed by atoms with van der Waals surface area (Å²) in [6.07, 6.45) is 5.78. The molecule has 7 heteroatoms. The summed E-state index contributed by atoms with van der Waals surface area (Å²) in [4.78, 5) is 23.0. The van der Waals surface area contributed by atoms with Gasteiger partial charge in [0.1, 0.15) is 6.04 Å². The number of carbonyl (C=O) groups is 1. The summed E-state index contributed by atoms with van der Waals surface area (Å²) < 4.78 is 7.80. The van der Waals surface area contributed by atoms with Gasteiger partial charge in [0.15, 0.2) is 0 Å². The molecule has 6 rings (SSSR count). The van der Waals surface area contributed by atoms with Crippen molar-refractivity contribution in [1.82, 2.24) is 9.97 Å². The Morgan fingerprint density at radius 1 is 0.872 bits per heavy atom. The topological polar surface area (TPSA) is 61.1 Å². The van der Waals surface area contributed by atoms with Crippen LogP contribution in [-0.2, 0) is 9.53 Å². The van der Waals surface area contributed by atoms with Gasteiger partial charge in [-0.1, -0.05) is 37.9 Å². The van der Waals surface area contributed by atoms with Crippen molar-refractivity contribution in [3.63, 3.8) is 0 Å². The molecule has 5 nitrogen and oxygen atoms in total. The van der Waals surface area contributed by atoms with Gasteiger partial charge in [-0.25, -0.2) is 4.79 Å². The summed E-state index contributed by atoms with van der Waals surface area (Å²) in [6.45, 7) is 6.46. The molecule has 3 atom stereocenters. The van der Waals surface area contributed by atoms with E-state index in [9.17, 15) is 4.79 Å². The molecule has 2 aromatic heterocycles. The zero-order valence-electron chi connectivity index (χ0n) is 22.2. The second-order valence-corrected chi connectivity index (χ2v) is 12.4. The van der Waals surface area contributed by atoms with Crippen molar-refractivity contribution in [2.24, 2.45) is 0 Å². The number of hydrogen-bond acceptors (Lipinski definition) is 3. The maximum atomic E-state index is 13.7. The monoisotopic (exact) mass is 647 g/mol. The molecule has 1 aliphatic rings. The number of aromatic nitrogens is 2. The van der Waals surface area contributed by atoms with E-state index < -0.39 is 6.04 Å². The van der Waals surface area contributed by atoms with Crippen LogP contribution in [0.4, 0.5) is 5.69 Å². The average molecular weight is 649 g/mol. The molecule has 0 aliphatic carbocycles. The van der Waals surface area contributed by atoms with E-state index in [0.29, 0.717) is 13.0 Å². The van der Waals surface area contributed by atoms with Crippen LogP contribution in [0.25, 0.3) is 21.8 Å². The molecule has 3 heterocycles. The summed E-state index contributed by atoms with van der Waals surface area (Å²) in [6, 6.07) is 18.8. The third-order valence-corrected chi connectivity index (χ3v) is 8.89. The molecule has 5 aromatic rings. The molecule has 1 saturated heterocycles. The second kappa shape index (κ2) is 10.5. The summed E-state index contributed by atoms with van der Waals surface area (Å²) in [5.74, 6) is -0.0138. The van der Waals surface area contributed by atoms with Gasteiger partial charge in [-0.3, -0.25) is 0 Å². The van der Waals surface area contributed by atoms with Gasteiger partial charge in [-0.15, -0.1) is 0 Å². The number of aromatic amines is 2. The van der Waals surface area contributed by atoms with Crippen molar-refractivity contribution in [1.29, 1.82) is 0 Å². The Morgan fingerprint density at radius 2 is 1.46 bits per heavy atom. The Bertz CT molecular complexity index is 1670. The number of rotatable bonds is 5. The Balaban J connectivity index is 1.55. The number of esters is 1. The highest BCUT2D eigenvalue weighted by molar-refractivity contribution is 9.10. The molecule has 1 fully saturated rings. The highest BCUT2D eigenvalue weighted by Crippen LogP contribution is 2.48. The van der Waals surface area contributed by atoms with Gasteiger partial charge < -0.3 is 19.6 Å². The fourth-order valence-corrected chi connectivity index (χ4v) is 7.08. The van der Waals surface area contributed by atoms with E-state index in [-0.39, 0.29) is 17.9 Å². The lowest BCUT2D eigenvalue weighted by atomic mass is 9.78. The van der Waals surface area contributed by atoms with Gasteiger partial charge in [0.25, 0.3) is 0 Å². The first-order chi connectivity index (χ1) is 18.8. The molecule has 39 heavy (non-hydrogen) atoms. The van der Waals surface area contributed by atoms with Crippen LogP contribution >= 0.6 is 31.9 Å². The number of nitrogens with one attached hydrogen (secondary N) is 2. The van der Waals surface area contributed by atoms with Crippen LogP contribution in [-0.4, -0.2) is 28.6 Å². The highest BCUT2D eigenvalue weighted by atomic mass is 79.9. The Labute approximate surface area is 245 Å². The molecular formula is C32H31Br2N3O2. The highest BCUT2D eigenvalue weighted by Gasteiger charge is 2.43. The second-order valence-electron chi connectivity index (χ2n) is 10.6. The van der Waals surface area contributed by atoms with Crippen molar-refractivity contribution in [2.75, 3.05) is 11.5 Å². The van der Waals surface area contributed by atoms with Crippen LogP contribution < -0.4 is 4.90 Å². The lowest BCUT2D eigenvalue weighted by Crippen LogP contribution is -2.49. The minimum absolute atomic E-state index is 0.0421. The molecule has 0 radical (unpaired) electrons. The lowest BCUT2D eigenvalue weighted by molar-refractivity contribution is -0.145. The van der Waals surface area contributed by atoms with Crippen LogP contribution in [0.3, 0.4) is 0 Å². The summed E-state index contributed by atoms with van der Waals surface area (Å²) >= 11 is 7.33. The normalized spacial score (nSPS) is 19.6. The third kappa shape index (κ3) is 4.91. The van der Waals surface area contributed by atoms with Gasteiger partial charge in [0.05, 0.1) is 12.6 Å². The smallest absolute Gasteiger partial charge is 0.328 e. The van der Waals surface area contributed by atoms with Crippen LogP contribution in [0.5, 0.6) is 0 Å². The molecule has 0 bridgehead atoms. The number of benzene rings is 3. The minimum atomic E-state index is -0.427. The van der Waals surface area contributed by atoms with Crippen molar-refractivity contribution >= 4 is 65.3 Å². The number of nitrogens with zero attached hydrogens (tertiary/aromatic N) is 1. The molecule has 0 amide bonds. The number of fused-ring (bicyclic) bond motifs is 2. The van der Waals surface area contributed by atoms with Crippen molar-refractivity contribution in [3.8, 4) is 0 Å². The first-order valence-corrected chi connectivity index (χ1v) is 15.0. The van der Waals surface area contributed by atoms with Crippen molar-refractivity contribution < 1.29 is 9.53 Å².